The van der Waals surface area contributed by atoms with Gasteiger partial charge in [0.15, 0.2) is 0 Å². The van der Waals surface area contributed by atoms with Crippen molar-refractivity contribution >= 4 is 40.6 Å². The third kappa shape index (κ3) is 5.02. The molecule has 20 heavy (non-hydrogen) atoms. The summed E-state index contributed by atoms with van der Waals surface area (Å²) in [6, 6.07) is 4.67. The molecule has 4 nitrogen and oxygen atoms in total. The highest BCUT2D eigenvalue weighted by Gasteiger charge is 2.16. The Hall–Kier alpha value is -1.26. The van der Waals surface area contributed by atoms with E-state index in [0.717, 1.165) is 5.71 Å². The number of nitrogens with zero attached hydrogens (tertiary/aromatic N) is 2. The van der Waals surface area contributed by atoms with E-state index in [0.29, 0.717) is 28.2 Å². The van der Waals surface area contributed by atoms with Crippen LogP contribution in [0, 0.1) is 5.92 Å². The Kier molecular flexibility index (Phi) is 6.30. The fourth-order valence-corrected chi connectivity index (χ4v) is 1.70. The Labute approximate surface area is 129 Å². The van der Waals surface area contributed by atoms with Crippen LogP contribution in [0.15, 0.2) is 23.3 Å². The molecule has 0 fully saturated rings. The van der Waals surface area contributed by atoms with E-state index in [9.17, 15) is 4.79 Å². The Balaban J connectivity index is 3.02. The van der Waals surface area contributed by atoms with Crippen LogP contribution < -0.4 is 10.3 Å². The number of hydrogen-bond donors (Lipinski definition) is 1. The van der Waals surface area contributed by atoms with Gasteiger partial charge in [0.05, 0.1) is 15.7 Å². The van der Waals surface area contributed by atoms with Gasteiger partial charge in [-0.15, -0.1) is 0 Å². The van der Waals surface area contributed by atoms with Crippen molar-refractivity contribution in [1.82, 2.24) is 5.32 Å². The lowest BCUT2D eigenvalue weighted by molar-refractivity contribution is 0.245. The van der Waals surface area contributed by atoms with E-state index >= 15 is 0 Å². The number of nitrogens with one attached hydrogen (secondary N) is 1. The van der Waals surface area contributed by atoms with Crippen LogP contribution in [-0.2, 0) is 0 Å². The van der Waals surface area contributed by atoms with Crippen LogP contribution >= 0.6 is 23.2 Å². The largest absolute Gasteiger partial charge is 0.342 e. The topological polar surface area (TPSA) is 44.7 Å². The van der Waals surface area contributed by atoms with Crippen molar-refractivity contribution in [2.75, 3.05) is 11.6 Å². The van der Waals surface area contributed by atoms with Gasteiger partial charge in [-0.05, 0) is 38.0 Å². The first-order valence-electron chi connectivity index (χ1n) is 6.36. The lowest BCUT2D eigenvalue weighted by atomic mass is 10.2. The summed E-state index contributed by atoms with van der Waals surface area (Å²) in [4.78, 5) is 12.2. The second-order valence-electron chi connectivity index (χ2n) is 5.04. The van der Waals surface area contributed by atoms with Crippen LogP contribution in [0.1, 0.15) is 27.7 Å². The highest BCUT2D eigenvalue weighted by atomic mass is 35.5. The smallest absolute Gasteiger partial charge is 0.336 e. The first-order valence-corrected chi connectivity index (χ1v) is 7.11. The van der Waals surface area contributed by atoms with E-state index in [4.69, 9.17) is 23.2 Å². The molecule has 0 atom stereocenters. The van der Waals surface area contributed by atoms with Crippen molar-refractivity contribution in [3.8, 4) is 0 Å². The summed E-state index contributed by atoms with van der Waals surface area (Å²) in [5.74, 6) is 0.362. The molecule has 1 aromatic carbocycles. The highest BCUT2D eigenvalue weighted by molar-refractivity contribution is 6.42. The minimum absolute atomic E-state index is 0.293. The molecular formula is C14H19Cl2N3O. The summed E-state index contributed by atoms with van der Waals surface area (Å²) in [6.07, 6.45) is 0. The third-order valence-electron chi connectivity index (χ3n) is 2.30. The van der Waals surface area contributed by atoms with Crippen molar-refractivity contribution in [3.05, 3.63) is 28.2 Å². The standard InChI is InChI=1S/C14H19Cl2N3O/c1-9(2)8-17-14(20)19(18-10(3)4)11-5-6-12(15)13(16)7-11/h5-7,9H,8H2,1-4H3,(H,17,20). The van der Waals surface area contributed by atoms with Crippen LogP contribution in [0.25, 0.3) is 0 Å². The predicted molar refractivity (Wildman–Crippen MR) is 86.0 cm³/mol. The van der Waals surface area contributed by atoms with Crippen molar-refractivity contribution in [2.24, 2.45) is 11.0 Å². The van der Waals surface area contributed by atoms with Gasteiger partial charge in [0.25, 0.3) is 0 Å². The molecule has 1 aromatic rings. The molecule has 1 rings (SSSR count). The highest BCUT2D eigenvalue weighted by Crippen LogP contribution is 2.27. The number of rotatable bonds is 4. The summed E-state index contributed by atoms with van der Waals surface area (Å²) in [5.41, 5.74) is 1.33. The van der Waals surface area contributed by atoms with Crippen LogP contribution in [0.4, 0.5) is 10.5 Å². The predicted octanol–water partition coefficient (Wildman–Crippen LogP) is 4.56. The van der Waals surface area contributed by atoms with Crippen molar-refractivity contribution < 1.29 is 4.79 Å². The molecule has 0 unspecified atom stereocenters. The number of benzene rings is 1. The molecule has 0 saturated carbocycles. The zero-order valence-corrected chi connectivity index (χ0v) is 13.6. The number of halogens is 2. The van der Waals surface area contributed by atoms with Crippen LogP contribution in [0.2, 0.25) is 10.0 Å². The number of hydrazone groups is 1. The zero-order chi connectivity index (χ0) is 15.3. The third-order valence-corrected chi connectivity index (χ3v) is 3.04. The fraction of sp³-hybridized carbons (Fsp3) is 0.429. The quantitative estimate of drug-likeness (QED) is 0.642. The number of urea groups is 1. The van der Waals surface area contributed by atoms with Crippen molar-refractivity contribution in [1.29, 1.82) is 0 Å². The molecule has 6 heteroatoms. The second kappa shape index (κ2) is 7.50. The van der Waals surface area contributed by atoms with E-state index < -0.39 is 0 Å². The summed E-state index contributed by atoms with van der Waals surface area (Å²) < 4.78 is 0. The van der Waals surface area contributed by atoms with Gasteiger partial charge in [-0.3, -0.25) is 0 Å². The average molecular weight is 316 g/mol. The first-order chi connectivity index (χ1) is 9.31. The molecule has 0 heterocycles. The number of amides is 2. The van der Waals surface area contributed by atoms with E-state index in [2.05, 4.69) is 10.4 Å². The molecule has 0 saturated heterocycles. The molecule has 0 aliphatic rings. The molecule has 0 aliphatic carbocycles. The first kappa shape index (κ1) is 16.8. The normalized spacial score (nSPS) is 10.3. The molecule has 0 spiro atoms. The summed E-state index contributed by atoms with van der Waals surface area (Å²) in [7, 11) is 0. The number of hydrogen-bond acceptors (Lipinski definition) is 2. The van der Waals surface area contributed by atoms with E-state index in [1.165, 1.54) is 5.01 Å². The Morgan fingerprint density at radius 3 is 2.45 bits per heavy atom. The minimum atomic E-state index is -0.293. The zero-order valence-electron chi connectivity index (χ0n) is 12.1. The van der Waals surface area contributed by atoms with E-state index in [1.807, 2.05) is 27.7 Å². The van der Waals surface area contributed by atoms with Crippen LogP contribution in [-0.4, -0.2) is 18.3 Å². The summed E-state index contributed by atoms with van der Waals surface area (Å²) >= 11 is 11.9. The Morgan fingerprint density at radius 2 is 1.95 bits per heavy atom. The molecule has 0 aliphatic heterocycles. The lowest BCUT2D eigenvalue weighted by Crippen LogP contribution is -2.38. The maximum Gasteiger partial charge on any atom is 0.342 e. The molecule has 2 amide bonds. The maximum atomic E-state index is 12.2. The number of carbonyl (C=O) groups is 1. The van der Waals surface area contributed by atoms with Crippen LogP contribution in [0.3, 0.4) is 0 Å². The van der Waals surface area contributed by atoms with Gasteiger partial charge in [0.2, 0.25) is 0 Å². The van der Waals surface area contributed by atoms with Crippen molar-refractivity contribution in [3.63, 3.8) is 0 Å². The fourth-order valence-electron chi connectivity index (χ4n) is 1.40. The summed E-state index contributed by atoms with van der Waals surface area (Å²) in [5, 5.41) is 9.17. The average Bonchev–Trinajstić information content (AvgIpc) is 2.36. The van der Waals surface area contributed by atoms with Gasteiger partial charge in [-0.25, -0.2) is 4.79 Å². The molecule has 1 N–H and O–H groups in total. The minimum Gasteiger partial charge on any atom is -0.336 e. The van der Waals surface area contributed by atoms with Crippen LogP contribution in [0.5, 0.6) is 0 Å². The number of anilines is 1. The number of carbonyl (C=O) groups excluding carboxylic acids is 1. The van der Waals surface area contributed by atoms with Gasteiger partial charge in [0.1, 0.15) is 0 Å². The SMILES string of the molecule is CC(C)=NN(C(=O)NCC(C)C)c1ccc(Cl)c(Cl)c1. The molecule has 0 aromatic heterocycles. The Morgan fingerprint density at radius 1 is 1.30 bits per heavy atom. The summed E-state index contributed by atoms with van der Waals surface area (Å²) in [6.45, 7) is 8.27. The molecule has 0 bridgehead atoms. The lowest BCUT2D eigenvalue weighted by Gasteiger charge is -2.19. The van der Waals surface area contributed by atoms with Gasteiger partial charge in [-0.2, -0.15) is 10.1 Å². The van der Waals surface area contributed by atoms with E-state index in [-0.39, 0.29) is 6.03 Å². The second-order valence-corrected chi connectivity index (χ2v) is 5.85. The van der Waals surface area contributed by atoms with Gasteiger partial charge in [-0.1, -0.05) is 37.0 Å². The van der Waals surface area contributed by atoms with Gasteiger partial charge in [0, 0.05) is 12.3 Å². The Bertz CT molecular complexity index is 511. The van der Waals surface area contributed by atoms with Gasteiger partial charge >= 0.3 is 6.03 Å². The molecular weight excluding hydrogens is 297 g/mol. The van der Waals surface area contributed by atoms with Gasteiger partial charge < -0.3 is 5.32 Å². The monoisotopic (exact) mass is 315 g/mol. The molecule has 110 valence electrons. The molecule has 0 radical (unpaired) electrons. The van der Waals surface area contributed by atoms with E-state index in [1.54, 1.807) is 18.2 Å². The maximum absolute atomic E-state index is 12.2. The van der Waals surface area contributed by atoms with Crippen molar-refractivity contribution in [2.45, 2.75) is 27.7 Å².